The number of aliphatic carboxylic acids is 1. The summed E-state index contributed by atoms with van der Waals surface area (Å²) in [6, 6.07) is 1.74. The van der Waals surface area contributed by atoms with Gasteiger partial charge in [-0.1, -0.05) is 30.3 Å². The number of carboxylic acids is 1. The number of guanidine groups is 2. The third-order valence-electron chi connectivity index (χ3n) is 7.15. The number of carbonyl (C=O) groups is 6. The van der Waals surface area contributed by atoms with Crippen LogP contribution in [0.15, 0.2) is 40.3 Å². The van der Waals surface area contributed by atoms with Crippen LogP contribution in [0.3, 0.4) is 0 Å². The first-order valence-corrected chi connectivity index (χ1v) is 15.8. The molecule has 0 saturated heterocycles. The number of nitrogens with zero attached hydrogens (tertiary/aromatic N) is 2. The molecule has 278 valence electrons. The number of carbonyl (C=O) groups excluding carboxylic acids is 5. The maximum absolute atomic E-state index is 13.7. The Morgan fingerprint density at radius 1 is 0.700 bits per heavy atom. The Kier molecular flexibility index (Phi) is 18.9. The first-order chi connectivity index (χ1) is 23.5. The molecule has 18 N–H and O–H groups in total. The minimum atomic E-state index is -1.63. The Morgan fingerprint density at radius 3 is 1.70 bits per heavy atom. The molecule has 20 nitrogen and oxygen atoms in total. The van der Waals surface area contributed by atoms with Crippen molar-refractivity contribution in [3.05, 3.63) is 35.9 Å². The van der Waals surface area contributed by atoms with Gasteiger partial charge in [0.1, 0.15) is 24.2 Å². The molecule has 1 rings (SSSR count). The van der Waals surface area contributed by atoms with Gasteiger partial charge in [0.05, 0.1) is 12.1 Å². The van der Waals surface area contributed by atoms with Crippen LogP contribution in [0, 0.1) is 0 Å². The first kappa shape index (κ1) is 42.5. The van der Waals surface area contributed by atoms with E-state index >= 15 is 0 Å². The van der Waals surface area contributed by atoms with Gasteiger partial charge in [-0.25, -0.2) is 4.79 Å². The van der Waals surface area contributed by atoms with Crippen molar-refractivity contribution < 1.29 is 39.0 Å². The largest absolute Gasteiger partial charge is 0.480 e. The third kappa shape index (κ3) is 17.1. The molecule has 0 radical (unpaired) electrons. The minimum absolute atomic E-state index is 0.00896. The van der Waals surface area contributed by atoms with Gasteiger partial charge in [0, 0.05) is 25.9 Å². The molecular formula is C30H50N12O8. The predicted molar refractivity (Wildman–Crippen MR) is 183 cm³/mol. The molecule has 0 aromatic heterocycles. The second-order valence-electron chi connectivity index (χ2n) is 11.4. The maximum Gasteiger partial charge on any atom is 0.326 e. The molecule has 20 heteroatoms. The molecule has 0 heterocycles. The van der Waals surface area contributed by atoms with Crippen LogP contribution < -0.4 is 55.7 Å². The van der Waals surface area contributed by atoms with Crippen molar-refractivity contribution in [3.63, 3.8) is 0 Å². The summed E-state index contributed by atoms with van der Waals surface area (Å²) in [6.07, 6.45) is -1.45. The van der Waals surface area contributed by atoms with Gasteiger partial charge >= 0.3 is 5.97 Å². The van der Waals surface area contributed by atoms with E-state index in [9.17, 15) is 39.0 Å². The lowest BCUT2D eigenvalue weighted by Crippen LogP contribution is -2.61. The average molecular weight is 707 g/mol. The van der Waals surface area contributed by atoms with Crippen LogP contribution in [0.1, 0.15) is 51.0 Å². The van der Waals surface area contributed by atoms with E-state index in [1.54, 1.807) is 30.3 Å². The first-order valence-electron chi connectivity index (χ1n) is 15.8. The van der Waals surface area contributed by atoms with E-state index < -0.39 is 71.8 Å². The highest BCUT2D eigenvalue weighted by Gasteiger charge is 2.33. The number of primary amides is 1. The molecule has 0 spiro atoms. The molecule has 0 saturated carbocycles. The van der Waals surface area contributed by atoms with Crippen LogP contribution in [0.2, 0.25) is 0 Å². The summed E-state index contributed by atoms with van der Waals surface area (Å²) >= 11 is 0. The number of carboxylic acid groups (broad SMARTS) is 1. The Labute approximate surface area is 289 Å². The minimum Gasteiger partial charge on any atom is -0.480 e. The highest BCUT2D eigenvalue weighted by molar-refractivity contribution is 5.95. The number of hydrogen-bond acceptors (Lipinski definition) is 10. The molecule has 5 amide bonds. The smallest absolute Gasteiger partial charge is 0.326 e. The maximum atomic E-state index is 13.7. The zero-order valence-electron chi connectivity index (χ0n) is 27.9. The number of nitrogens with two attached hydrogens (primary N) is 6. The van der Waals surface area contributed by atoms with Crippen LogP contribution in [0.25, 0.3) is 0 Å². The summed E-state index contributed by atoms with van der Waals surface area (Å²) in [4.78, 5) is 83.8. The summed E-state index contributed by atoms with van der Waals surface area (Å²) in [6.45, 7) is 1.43. The Bertz CT molecular complexity index is 1350. The Balaban J connectivity index is 3.25. The summed E-state index contributed by atoms with van der Waals surface area (Å²) in [7, 11) is 0. The van der Waals surface area contributed by atoms with Crippen molar-refractivity contribution in [1.82, 2.24) is 21.3 Å². The second kappa shape index (κ2) is 22.2. The fourth-order valence-electron chi connectivity index (χ4n) is 4.49. The van der Waals surface area contributed by atoms with Crippen molar-refractivity contribution in [2.75, 3.05) is 13.1 Å². The lowest BCUT2D eigenvalue weighted by atomic mass is 10.0. The van der Waals surface area contributed by atoms with E-state index in [-0.39, 0.29) is 70.0 Å². The summed E-state index contributed by atoms with van der Waals surface area (Å²) < 4.78 is 0. The highest BCUT2D eigenvalue weighted by Crippen LogP contribution is 2.08. The SMILES string of the molecule is C[C@@H](O)[C@H](NC(=O)[C@H](Cc1ccccc1)NC(=O)[C@H](CCCN=C(N)N)NC(=O)[C@@H](N)CCC(N)=O)C(=O)N[C@@H](CCCN=C(N)N)C(=O)O. The van der Waals surface area contributed by atoms with E-state index in [1.807, 2.05) is 0 Å². The van der Waals surface area contributed by atoms with E-state index in [4.69, 9.17) is 34.4 Å². The Hall–Kier alpha value is -5.50. The molecule has 0 aliphatic carbocycles. The molecule has 0 fully saturated rings. The molecule has 0 bridgehead atoms. The van der Waals surface area contributed by atoms with E-state index in [2.05, 4.69) is 31.3 Å². The number of aliphatic imine (C=N–C) groups is 2. The summed E-state index contributed by atoms with van der Waals surface area (Å²) in [5.41, 5.74) is 32.9. The fraction of sp³-hybridized carbons (Fsp3) is 0.533. The fourth-order valence-corrected chi connectivity index (χ4v) is 4.49. The number of aliphatic hydroxyl groups excluding tert-OH is 1. The zero-order chi connectivity index (χ0) is 37.8. The van der Waals surface area contributed by atoms with Gasteiger partial charge in [-0.15, -0.1) is 0 Å². The average Bonchev–Trinajstić information content (AvgIpc) is 3.04. The normalized spacial score (nSPS) is 14.3. The molecular weight excluding hydrogens is 656 g/mol. The molecule has 1 aromatic carbocycles. The van der Waals surface area contributed by atoms with Crippen molar-refractivity contribution >= 4 is 47.4 Å². The van der Waals surface area contributed by atoms with Crippen molar-refractivity contribution in [2.45, 2.75) is 88.2 Å². The Morgan fingerprint density at radius 2 is 1.20 bits per heavy atom. The molecule has 50 heavy (non-hydrogen) atoms. The van der Waals surface area contributed by atoms with Crippen LogP contribution in [0.5, 0.6) is 0 Å². The van der Waals surface area contributed by atoms with Crippen LogP contribution in [-0.2, 0) is 35.2 Å². The molecule has 1 aromatic rings. The number of nitrogens with one attached hydrogen (secondary N) is 4. The van der Waals surface area contributed by atoms with E-state index in [1.165, 1.54) is 6.92 Å². The lowest BCUT2D eigenvalue weighted by molar-refractivity contribution is -0.143. The summed E-state index contributed by atoms with van der Waals surface area (Å²) in [5.74, 6) is -5.84. The van der Waals surface area contributed by atoms with Crippen molar-refractivity contribution in [2.24, 2.45) is 44.4 Å². The van der Waals surface area contributed by atoms with E-state index in [0.29, 0.717) is 5.56 Å². The number of aliphatic hydroxyl groups is 1. The third-order valence-corrected chi connectivity index (χ3v) is 7.15. The number of benzene rings is 1. The predicted octanol–water partition coefficient (Wildman–Crippen LogP) is -4.67. The van der Waals surface area contributed by atoms with Gasteiger partial charge in [-0.3, -0.25) is 34.0 Å². The number of amides is 5. The quantitative estimate of drug-likeness (QED) is 0.0290. The van der Waals surface area contributed by atoms with Crippen LogP contribution in [0.4, 0.5) is 0 Å². The van der Waals surface area contributed by atoms with Gasteiger partial charge in [-0.2, -0.15) is 0 Å². The molecule has 6 atom stereocenters. The molecule has 0 aliphatic rings. The second-order valence-corrected chi connectivity index (χ2v) is 11.4. The standard InChI is InChI=1S/C30H50N12O8/c1-16(43)23(27(48)40-20(28(49)50)10-6-14-38-30(35)36)42-26(47)21(15-17-7-3-2-4-8-17)41-25(46)19(9-5-13-37-29(33)34)39-24(45)18(31)11-12-22(32)44/h2-4,7-8,16,18-21,23,43H,5-6,9-15,31H2,1H3,(H2,32,44)(H,39,45)(H,40,48)(H,41,46)(H,42,47)(H,49,50)(H4,33,34,37)(H4,35,36,38)/t16-,18+,19+,20+,21+,23+/m1/s1. The monoisotopic (exact) mass is 706 g/mol. The summed E-state index contributed by atoms with van der Waals surface area (Å²) in [5, 5.41) is 29.8. The van der Waals surface area contributed by atoms with Gasteiger partial charge < -0.3 is 65.9 Å². The van der Waals surface area contributed by atoms with Crippen LogP contribution >= 0.6 is 0 Å². The molecule has 0 unspecified atom stereocenters. The van der Waals surface area contributed by atoms with Crippen LogP contribution in [-0.4, -0.2) is 107 Å². The van der Waals surface area contributed by atoms with Gasteiger partial charge in [-0.05, 0) is 44.6 Å². The van der Waals surface area contributed by atoms with Gasteiger partial charge in [0.25, 0.3) is 0 Å². The highest BCUT2D eigenvalue weighted by atomic mass is 16.4. The van der Waals surface area contributed by atoms with E-state index in [0.717, 1.165) is 0 Å². The molecule has 0 aliphatic heterocycles. The van der Waals surface area contributed by atoms with Crippen molar-refractivity contribution in [1.29, 1.82) is 0 Å². The number of rotatable bonds is 23. The van der Waals surface area contributed by atoms with Crippen molar-refractivity contribution in [3.8, 4) is 0 Å². The topological polar surface area (TPSA) is 372 Å². The number of hydrogen-bond donors (Lipinski definition) is 12. The van der Waals surface area contributed by atoms with Gasteiger partial charge in [0.15, 0.2) is 11.9 Å². The van der Waals surface area contributed by atoms with Gasteiger partial charge in [0.2, 0.25) is 29.5 Å². The zero-order valence-corrected chi connectivity index (χ0v) is 27.9. The lowest BCUT2D eigenvalue weighted by Gasteiger charge is -2.27.